The molecular formula is C9H14ClN3O. The zero-order chi connectivity index (χ0) is 10.8. The molecule has 0 aliphatic heterocycles. The molecule has 1 aromatic rings. The van der Waals surface area contributed by atoms with Gasteiger partial charge in [-0.25, -0.2) is 9.97 Å². The van der Waals surface area contributed by atoms with E-state index in [1.165, 1.54) is 6.20 Å². The molecule has 1 aromatic heterocycles. The van der Waals surface area contributed by atoms with Crippen molar-refractivity contribution in [3.05, 3.63) is 17.5 Å². The maximum Gasteiger partial charge on any atom is 0.147 e. The van der Waals surface area contributed by atoms with Gasteiger partial charge in [0.25, 0.3) is 0 Å². The normalized spacial score (nSPS) is 11.5. The van der Waals surface area contributed by atoms with Crippen LogP contribution in [0.1, 0.15) is 13.8 Å². The van der Waals surface area contributed by atoms with Gasteiger partial charge < -0.3 is 10.0 Å². The topological polar surface area (TPSA) is 49.2 Å². The van der Waals surface area contributed by atoms with Gasteiger partial charge in [0, 0.05) is 13.6 Å². The summed E-state index contributed by atoms with van der Waals surface area (Å²) in [4.78, 5) is 9.82. The molecular weight excluding hydrogens is 202 g/mol. The Bertz CT molecular complexity index is 294. The summed E-state index contributed by atoms with van der Waals surface area (Å²) in [5.74, 6) is 0.691. The van der Waals surface area contributed by atoms with E-state index in [1.807, 2.05) is 11.9 Å². The first-order valence-corrected chi connectivity index (χ1v) is 4.67. The summed E-state index contributed by atoms with van der Waals surface area (Å²) in [7, 11) is 1.84. The molecule has 1 rings (SSSR count). The Balaban J connectivity index is 2.70. The van der Waals surface area contributed by atoms with Crippen LogP contribution in [0.3, 0.4) is 0 Å². The number of nitrogens with zero attached hydrogens (tertiary/aromatic N) is 3. The monoisotopic (exact) mass is 215 g/mol. The van der Waals surface area contributed by atoms with Crippen LogP contribution in [0.4, 0.5) is 5.82 Å². The van der Waals surface area contributed by atoms with Crippen LogP contribution in [0.25, 0.3) is 0 Å². The van der Waals surface area contributed by atoms with E-state index in [-0.39, 0.29) is 0 Å². The van der Waals surface area contributed by atoms with Crippen LogP contribution in [-0.4, -0.2) is 34.3 Å². The van der Waals surface area contributed by atoms with E-state index in [4.69, 9.17) is 11.6 Å². The van der Waals surface area contributed by atoms with Crippen molar-refractivity contribution in [2.75, 3.05) is 18.5 Å². The molecule has 0 fully saturated rings. The Morgan fingerprint density at radius 1 is 1.43 bits per heavy atom. The minimum atomic E-state index is -0.754. The smallest absolute Gasteiger partial charge is 0.147 e. The van der Waals surface area contributed by atoms with Gasteiger partial charge in [-0.05, 0) is 13.8 Å². The maximum atomic E-state index is 9.59. The largest absolute Gasteiger partial charge is 0.389 e. The number of halogens is 1. The fraction of sp³-hybridized carbons (Fsp3) is 0.556. The first-order chi connectivity index (χ1) is 6.38. The molecule has 0 atom stereocenters. The van der Waals surface area contributed by atoms with E-state index in [1.54, 1.807) is 20.0 Å². The van der Waals surface area contributed by atoms with Crippen molar-refractivity contribution >= 4 is 17.4 Å². The second kappa shape index (κ2) is 4.11. The molecule has 0 amide bonds. The van der Waals surface area contributed by atoms with Crippen molar-refractivity contribution in [2.45, 2.75) is 19.4 Å². The lowest BCUT2D eigenvalue weighted by molar-refractivity contribution is 0.0884. The fourth-order valence-electron chi connectivity index (χ4n) is 1.16. The summed E-state index contributed by atoms with van der Waals surface area (Å²) in [6.07, 6.45) is 3.06. The van der Waals surface area contributed by atoms with E-state index in [0.717, 1.165) is 0 Å². The lowest BCUT2D eigenvalue weighted by atomic mass is 10.1. The van der Waals surface area contributed by atoms with Gasteiger partial charge in [-0.15, -0.1) is 0 Å². The molecule has 0 saturated heterocycles. The Kier molecular flexibility index (Phi) is 3.29. The van der Waals surface area contributed by atoms with Gasteiger partial charge in [0.15, 0.2) is 0 Å². The zero-order valence-electron chi connectivity index (χ0n) is 8.53. The lowest BCUT2D eigenvalue weighted by Gasteiger charge is -2.25. The van der Waals surface area contributed by atoms with Crippen LogP contribution in [-0.2, 0) is 0 Å². The highest BCUT2D eigenvalue weighted by molar-refractivity contribution is 6.29. The summed E-state index contributed by atoms with van der Waals surface area (Å²) >= 11 is 5.61. The lowest BCUT2D eigenvalue weighted by Crippen LogP contribution is -2.36. The van der Waals surface area contributed by atoms with Gasteiger partial charge in [0.2, 0.25) is 0 Å². The van der Waals surface area contributed by atoms with Crippen LogP contribution >= 0.6 is 11.6 Å². The molecule has 0 spiro atoms. The third kappa shape index (κ3) is 3.47. The number of likely N-dealkylation sites (N-methyl/N-ethyl adjacent to an activating group) is 1. The van der Waals surface area contributed by atoms with Crippen LogP contribution in [0.15, 0.2) is 12.4 Å². The average molecular weight is 216 g/mol. The maximum absolute atomic E-state index is 9.59. The number of aromatic nitrogens is 2. The summed E-state index contributed by atoms with van der Waals surface area (Å²) in [6, 6.07) is 0. The van der Waals surface area contributed by atoms with Crippen LogP contribution < -0.4 is 4.90 Å². The highest BCUT2D eigenvalue weighted by atomic mass is 35.5. The molecule has 0 aliphatic rings. The fourth-order valence-corrected chi connectivity index (χ4v) is 1.26. The standard InChI is InChI=1S/C9H14ClN3O/c1-9(2,14)6-13(3)8-5-11-7(10)4-12-8/h4-5,14H,6H2,1-3H3. The van der Waals surface area contributed by atoms with E-state index in [2.05, 4.69) is 9.97 Å². The van der Waals surface area contributed by atoms with Gasteiger partial charge in [-0.1, -0.05) is 11.6 Å². The molecule has 0 aliphatic carbocycles. The summed E-state index contributed by atoms with van der Waals surface area (Å²) in [6.45, 7) is 3.98. The van der Waals surface area contributed by atoms with Crippen molar-refractivity contribution in [3.8, 4) is 0 Å². The first kappa shape index (κ1) is 11.2. The van der Waals surface area contributed by atoms with Crippen molar-refractivity contribution in [2.24, 2.45) is 0 Å². The van der Waals surface area contributed by atoms with Crippen molar-refractivity contribution in [3.63, 3.8) is 0 Å². The Hall–Kier alpha value is -0.870. The van der Waals surface area contributed by atoms with Gasteiger partial charge in [-0.2, -0.15) is 0 Å². The molecule has 1 N–H and O–H groups in total. The Morgan fingerprint density at radius 3 is 2.50 bits per heavy atom. The number of aliphatic hydroxyl groups is 1. The average Bonchev–Trinajstić information content (AvgIpc) is 2.02. The summed E-state index contributed by atoms with van der Waals surface area (Å²) in [5.41, 5.74) is -0.754. The minimum Gasteiger partial charge on any atom is -0.389 e. The highest BCUT2D eigenvalue weighted by Crippen LogP contribution is 2.12. The second-order valence-corrected chi connectivity index (χ2v) is 4.25. The first-order valence-electron chi connectivity index (χ1n) is 4.29. The molecule has 0 unspecified atom stereocenters. The molecule has 78 valence electrons. The summed E-state index contributed by atoms with van der Waals surface area (Å²) < 4.78 is 0. The minimum absolute atomic E-state index is 0.366. The quantitative estimate of drug-likeness (QED) is 0.827. The van der Waals surface area contributed by atoms with E-state index >= 15 is 0 Å². The van der Waals surface area contributed by atoms with Crippen LogP contribution in [0.2, 0.25) is 5.15 Å². The summed E-state index contributed by atoms with van der Waals surface area (Å²) in [5, 5.41) is 9.95. The number of rotatable bonds is 3. The third-order valence-corrected chi connectivity index (χ3v) is 1.82. The second-order valence-electron chi connectivity index (χ2n) is 3.87. The molecule has 0 radical (unpaired) electrons. The van der Waals surface area contributed by atoms with E-state index in [0.29, 0.717) is 17.5 Å². The molecule has 0 aromatic carbocycles. The molecule has 1 heterocycles. The number of anilines is 1. The highest BCUT2D eigenvalue weighted by Gasteiger charge is 2.16. The van der Waals surface area contributed by atoms with Crippen molar-refractivity contribution in [1.82, 2.24) is 9.97 Å². The van der Waals surface area contributed by atoms with Crippen LogP contribution in [0, 0.1) is 0 Å². The van der Waals surface area contributed by atoms with Crippen molar-refractivity contribution in [1.29, 1.82) is 0 Å². The van der Waals surface area contributed by atoms with E-state index < -0.39 is 5.60 Å². The molecule has 0 bridgehead atoms. The Labute approximate surface area is 88.6 Å². The van der Waals surface area contributed by atoms with E-state index in [9.17, 15) is 5.11 Å². The molecule has 14 heavy (non-hydrogen) atoms. The predicted molar refractivity (Wildman–Crippen MR) is 56.6 cm³/mol. The molecule has 4 nitrogen and oxygen atoms in total. The van der Waals surface area contributed by atoms with Gasteiger partial charge in [0.05, 0.1) is 18.0 Å². The van der Waals surface area contributed by atoms with Gasteiger partial charge in [0.1, 0.15) is 11.0 Å². The van der Waals surface area contributed by atoms with Gasteiger partial charge >= 0.3 is 0 Å². The van der Waals surface area contributed by atoms with Crippen molar-refractivity contribution < 1.29 is 5.11 Å². The SMILES string of the molecule is CN(CC(C)(C)O)c1cnc(Cl)cn1. The third-order valence-electron chi connectivity index (χ3n) is 1.62. The zero-order valence-corrected chi connectivity index (χ0v) is 9.28. The molecule has 0 saturated carbocycles. The molecule has 5 heteroatoms. The number of hydrogen-bond donors (Lipinski definition) is 1. The van der Waals surface area contributed by atoms with Gasteiger partial charge in [-0.3, -0.25) is 0 Å². The van der Waals surface area contributed by atoms with Crippen LogP contribution in [0.5, 0.6) is 0 Å². The Morgan fingerprint density at radius 2 is 2.07 bits per heavy atom. The predicted octanol–water partition coefficient (Wildman–Crippen LogP) is 1.34. The number of hydrogen-bond acceptors (Lipinski definition) is 4.